The van der Waals surface area contributed by atoms with E-state index in [0.29, 0.717) is 0 Å². The van der Waals surface area contributed by atoms with Crippen LogP contribution in [-0.2, 0) is 0 Å². The van der Waals surface area contributed by atoms with Gasteiger partial charge in [-0.15, -0.1) is 0 Å². The number of rotatable bonds is 0. The smallest absolute Gasteiger partial charge is 0.00674 e. The monoisotopic (exact) mass is 198 g/mol. The first-order valence-corrected chi connectivity index (χ1v) is 5.63. The number of thiol groups is 1. The first-order valence-electron chi connectivity index (χ1n) is 4.67. The first kappa shape index (κ1) is 8.01. The van der Waals surface area contributed by atoms with Gasteiger partial charge in [0, 0.05) is 4.90 Å². The Bertz CT molecular complexity index is 500. The van der Waals surface area contributed by atoms with Gasteiger partial charge in [0.15, 0.2) is 0 Å². The summed E-state index contributed by atoms with van der Waals surface area (Å²) in [5, 5.41) is 4.84. The summed E-state index contributed by atoms with van der Waals surface area (Å²) >= 11 is 1.31. The van der Waals surface area contributed by atoms with Gasteiger partial charge in [-0.2, -0.15) is 11.4 Å². The van der Waals surface area contributed by atoms with Gasteiger partial charge in [0.05, 0.1) is 0 Å². The van der Waals surface area contributed by atoms with Crippen LogP contribution in [0.15, 0.2) is 47.4 Å². The molecule has 1 aliphatic heterocycles. The molecule has 0 bridgehead atoms. The molecular formula is C13H10S. The van der Waals surface area contributed by atoms with Crippen molar-refractivity contribution in [2.45, 2.75) is 4.90 Å². The third-order valence-corrected chi connectivity index (χ3v) is 3.46. The number of fused-ring (bicyclic) bond motifs is 2. The van der Waals surface area contributed by atoms with Crippen molar-refractivity contribution in [3.05, 3.63) is 48.0 Å². The van der Waals surface area contributed by atoms with E-state index in [-0.39, 0.29) is 0 Å². The Hall–Kier alpha value is -1.34. The van der Waals surface area contributed by atoms with Crippen LogP contribution in [0.2, 0.25) is 0 Å². The lowest BCUT2D eigenvalue weighted by molar-refractivity contribution is 1.47. The molecule has 0 nitrogen and oxygen atoms in total. The van der Waals surface area contributed by atoms with Crippen molar-refractivity contribution in [3.8, 4) is 0 Å². The molecule has 0 fully saturated rings. The Kier molecular flexibility index (Phi) is 1.78. The predicted octanol–water partition coefficient (Wildman–Crippen LogP) is 3.49. The standard InChI is InChI=1S/C13H10S/c1-2-5-11-9-13-12(6-3-7-14-13)8-10(11)4-1/h1-9,14H. The number of allylic oxidation sites excluding steroid dienone is 1. The summed E-state index contributed by atoms with van der Waals surface area (Å²) < 4.78 is 0. The van der Waals surface area contributed by atoms with Gasteiger partial charge >= 0.3 is 0 Å². The van der Waals surface area contributed by atoms with Crippen LogP contribution in [0.5, 0.6) is 0 Å². The maximum absolute atomic E-state index is 2.28. The van der Waals surface area contributed by atoms with Crippen LogP contribution in [0.3, 0.4) is 0 Å². The molecule has 1 aliphatic rings. The molecule has 0 saturated carbocycles. The summed E-state index contributed by atoms with van der Waals surface area (Å²) in [4.78, 5) is 1.41. The average molecular weight is 198 g/mol. The van der Waals surface area contributed by atoms with Gasteiger partial charge in [-0.05, 0) is 33.8 Å². The second-order valence-corrected chi connectivity index (χ2v) is 4.43. The van der Waals surface area contributed by atoms with Gasteiger partial charge in [0.2, 0.25) is 0 Å². The highest BCUT2D eigenvalue weighted by Crippen LogP contribution is 2.27. The largest absolute Gasteiger partial charge is 0.169 e. The molecule has 2 aromatic rings. The number of hydrogen-bond acceptors (Lipinski definition) is 0. The summed E-state index contributed by atoms with van der Waals surface area (Å²) in [6.07, 6.45) is 4.30. The lowest BCUT2D eigenvalue weighted by Gasteiger charge is -2.07. The van der Waals surface area contributed by atoms with Crippen molar-refractivity contribution in [3.63, 3.8) is 0 Å². The molecule has 0 aromatic heterocycles. The predicted molar refractivity (Wildman–Crippen MR) is 66.3 cm³/mol. The Balaban J connectivity index is 2.40. The Labute approximate surface area is 86.8 Å². The van der Waals surface area contributed by atoms with E-state index in [1.807, 2.05) is 0 Å². The zero-order valence-electron chi connectivity index (χ0n) is 7.64. The molecule has 0 amide bonds. The summed E-state index contributed by atoms with van der Waals surface area (Å²) in [6.45, 7) is 0. The fourth-order valence-corrected chi connectivity index (χ4v) is 2.60. The van der Waals surface area contributed by atoms with E-state index in [1.54, 1.807) is 0 Å². The van der Waals surface area contributed by atoms with Gasteiger partial charge in [-0.25, -0.2) is 0 Å². The van der Waals surface area contributed by atoms with Gasteiger partial charge in [0.25, 0.3) is 0 Å². The summed E-state index contributed by atoms with van der Waals surface area (Å²) in [5.41, 5.74) is 1.35. The zero-order chi connectivity index (χ0) is 9.38. The SMILES string of the molecule is C1=Cc2cc3ccccc3cc2[SH]=C1. The molecule has 0 unspecified atom stereocenters. The molecule has 68 valence electrons. The van der Waals surface area contributed by atoms with Gasteiger partial charge in [-0.3, -0.25) is 0 Å². The van der Waals surface area contributed by atoms with Crippen LogP contribution < -0.4 is 0 Å². The van der Waals surface area contributed by atoms with Crippen molar-refractivity contribution in [1.29, 1.82) is 0 Å². The first-order chi connectivity index (χ1) is 6.93. The molecule has 3 rings (SSSR count). The van der Waals surface area contributed by atoms with Crippen LogP contribution in [0, 0.1) is 0 Å². The van der Waals surface area contributed by atoms with Crippen LogP contribution in [0.25, 0.3) is 16.8 Å². The van der Waals surface area contributed by atoms with E-state index in [2.05, 4.69) is 53.9 Å². The maximum Gasteiger partial charge on any atom is 0.00674 e. The van der Waals surface area contributed by atoms with Crippen LogP contribution in [0.1, 0.15) is 5.56 Å². The second kappa shape index (κ2) is 3.10. The minimum absolute atomic E-state index is 1.31. The quantitative estimate of drug-likeness (QED) is 0.486. The Morgan fingerprint density at radius 2 is 1.71 bits per heavy atom. The van der Waals surface area contributed by atoms with Gasteiger partial charge in [0.1, 0.15) is 0 Å². The van der Waals surface area contributed by atoms with E-state index < -0.39 is 0 Å². The van der Waals surface area contributed by atoms with E-state index in [4.69, 9.17) is 0 Å². The summed E-state index contributed by atoms with van der Waals surface area (Å²) in [6, 6.07) is 13.1. The lowest BCUT2D eigenvalue weighted by Crippen LogP contribution is -1.83. The highest BCUT2D eigenvalue weighted by Gasteiger charge is 2.01. The normalized spacial score (nSPS) is 13.7. The fourth-order valence-electron chi connectivity index (χ4n) is 1.76. The average Bonchev–Trinajstić information content (AvgIpc) is 2.26. The summed E-state index contributed by atoms with van der Waals surface area (Å²) in [5.74, 6) is 0. The Morgan fingerprint density at radius 1 is 0.929 bits per heavy atom. The molecule has 14 heavy (non-hydrogen) atoms. The van der Waals surface area contributed by atoms with E-state index in [9.17, 15) is 0 Å². The van der Waals surface area contributed by atoms with E-state index in [0.717, 1.165) is 0 Å². The number of hydrogen-bond donors (Lipinski definition) is 1. The van der Waals surface area contributed by atoms with Crippen LogP contribution >= 0.6 is 11.4 Å². The Morgan fingerprint density at radius 3 is 2.57 bits per heavy atom. The summed E-state index contributed by atoms with van der Waals surface area (Å²) in [7, 11) is 0. The molecular weight excluding hydrogens is 188 g/mol. The molecule has 0 spiro atoms. The van der Waals surface area contributed by atoms with Crippen LogP contribution in [0.4, 0.5) is 0 Å². The molecule has 0 N–H and O–H groups in total. The minimum Gasteiger partial charge on any atom is -0.169 e. The van der Waals surface area contributed by atoms with Crippen LogP contribution in [-0.4, -0.2) is 5.37 Å². The molecule has 0 saturated heterocycles. The molecule has 1 heteroatoms. The minimum atomic E-state index is 1.31. The lowest BCUT2D eigenvalue weighted by atomic mass is 10.1. The highest BCUT2D eigenvalue weighted by molar-refractivity contribution is 7.98. The van der Waals surface area contributed by atoms with E-state index >= 15 is 0 Å². The van der Waals surface area contributed by atoms with Crippen molar-refractivity contribution in [1.82, 2.24) is 0 Å². The maximum atomic E-state index is 2.28. The third-order valence-electron chi connectivity index (χ3n) is 2.47. The molecule has 0 aliphatic carbocycles. The zero-order valence-corrected chi connectivity index (χ0v) is 8.54. The molecule has 0 atom stereocenters. The van der Waals surface area contributed by atoms with Gasteiger partial charge < -0.3 is 0 Å². The molecule has 2 aromatic carbocycles. The van der Waals surface area contributed by atoms with Crippen molar-refractivity contribution in [2.24, 2.45) is 0 Å². The van der Waals surface area contributed by atoms with E-state index in [1.165, 1.54) is 32.6 Å². The van der Waals surface area contributed by atoms with Crippen molar-refractivity contribution in [2.75, 3.05) is 0 Å². The fraction of sp³-hybridized carbons (Fsp3) is 0. The van der Waals surface area contributed by atoms with Crippen molar-refractivity contribution >= 4 is 33.6 Å². The molecule has 1 heterocycles. The topological polar surface area (TPSA) is 0 Å². The van der Waals surface area contributed by atoms with Crippen molar-refractivity contribution < 1.29 is 0 Å². The molecule has 0 radical (unpaired) electrons. The van der Waals surface area contributed by atoms with Gasteiger partial charge in [-0.1, -0.05) is 36.4 Å². The second-order valence-electron chi connectivity index (χ2n) is 3.40. The number of benzene rings is 2. The third kappa shape index (κ3) is 1.21. The highest BCUT2D eigenvalue weighted by atomic mass is 32.1.